The minimum absolute atomic E-state index is 0.185. The molecule has 0 amide bonds. The molecule has 0 saturated heterocycles. The van der Waals surface area contributed by atoms with Gasteiger partial charge in [0.15, 0.2) is 0 Å². The summed E-state index contributed by atoms with van der Waals surface area (Å²) in [6.07, 6.45) is 6.91. The van der Waals surface area contributed by atoms with Crippen LogP contribution >= 0.6 is 0 Å². The summed E-state index contributed by atoms with van der Waals surface area (Å²) in [4.78, 5) is 0. The van der Waals surface area contributed by atoms with E-state index in [9.17, 15) is 0 Å². The normalized spacial score (nSPS) is 12.9. The quantitative estimate of drug-likeness (QED) is 0.554. The van der Waals surface area contributed by atoms with Crippen molar-refractivity contribution in [1.29, 1.82) is 0 Å². The molecule has 0 bridgehead atoms. The van der Waals surface area contributed by atoms with Crippen LogP contribution in [-0.4, -0.2) is 34.6 Å². The largest absolute Gasteiger partial charge is 0.396 e. The summed E-state index contributed by atoms with van der Waals surface area (Å²) in [5.74, 6) is 0. The lowest BCUT2D eigenvalue weighted by atomic mass is 10.1. The highest BCUT2D eigenvalue weighted by atomic mass is 16.2. The Bertz CT molecular complexity index is 300. The minimum atomic E-state index is 0.185. The molecule has 4 N–H and O–H groups in total. The van der Waals surface area contributed by atoms with Gasteiger partial charge in [0.1, 0.15) is 0 Å². The van der Waals surface area contributed by atoms with Gasteiger partial charge >= 0.3 is 0 Å². The Morgan fingerprint density at radius 3 is 2.88 bits per heavy atom. The van der Waals surface area contributed by atoms with E-state index >= 15 is 0 Å². The standard InChI is InChI=1S/C12H24N4O/c1-2-16-10-11(9-15-16)12(8-13)14-6-4-3-5-7-17/h9-10,12,14,17H,2-8,13H2,1H3. The van der Waals surface area contributed by atoms with Gasteiger partial charge in [0, 0.05) is 37.5 Å². The lowest BCUT2D eigenvalue weighted by Crippen LogP contribution is -2.28. The SMILES string of the molecule is CCn1cc(C(CN)NCCCCCO)cn1. The van der Waals surface area contributed by atoms with Crippen molar-refractivity contribution in [3.63, 3.8) is 0 Å². The average Bonchev–Trinajstić information content (AvgIpc) is 2.82. The van der Waals surface area contributed by atoms with Crippen molar-refractivity contribution in [3.05, 3.63) is 18.0 Å². The maximum atomic E-state index is 8.68. The zero-order chi connectivity index (χ0) is 12.5. The van der Waals surface area contributed by atoms with Crippen molar-refractivity contribution >= 4 is 0 Å². The van der Waals surface area contributed by atoms with Crippen molar-refractivity contribution in [3.8, 4) is 0 Å². The van der Waals surface area contributed by atoms with Gasteiger partial charge in [-0.2, -0.15) is 5.10 Å². The van der Waals surface area contributed by atoms with Gasteiger partial charge in [0.2, 0.25) is 0 Å². The molecule has 1 aromatic rings. The Morgan fingerprint density at radius 1 is 1.47 bits per heavy atom. The molecule has 5 nitrogen and oxygen atoms in total. The summed E-state index contributed by atoms with van der Waals surface area (Å²) in [6.45, 7) is 4.74. The van der Waals surface area contributed by atoms with Gasteiger partial charge in [-0.05, 0) is 32.7 Å². The van der Waals surface area contributed by atoms with E-state index in [0.717, 1.165) is 37.9 Å². The van der Waals surface area contributed by atoms with Crippen LogP contribution in [0.25, 0.3) is 0 Å². The third-order valence-corrected chi connectivity index (χ3v) is 2.84. The van der Waals surface area contributed by atoms with Gasteiger partial charge in [-0.25, -0.2) is 0 Å². The van der Waals surface area contributed by atoms with Crippen LogP contribution in [0, 0.1) is 0 Å². The number of nitrogens with zero attached hydrogens (tertiary/aromatic N) is 2. The summed E-state index contributed by atoms with van der Waals surface area (Å²) in [5.41, 5.74) is 6.91. The maximum absolute atomic E-state index is 8.68. The second-order valence-electron chi connectivity index (χ2n) is 4.16. The van der Waals surface area contributed by atoms with E-state index in [4.69, 9.17) is 10.8 Å². The van der Waals surface area contributed by atoms with Crippen LogP contribution in [0.4, 0.5) is 0 Å². The average molecular weight is 240 g/mol. The first-order chi connectivity index (χ1) is 8.31. The molecule has 98 valence electrons. The summed E-state index contributed by atoms with van der Waals surface area (Å²) in [7, 11) is 0. The van der Waals surface area contributed by atoms with Crippen LogP contribution < -0.4 is 11.1 Å². The van der Waals surface area contributed by atoms with Gasteiger partial charge in [-0.3, -0.25) is 4.68 Å². The number of aryl methyl sites for hydroxylation is 1. The zero-order valence-electron chi connectivity index (χ0n) is 10.6. The van der Waals surface area contributed by atoms with Crippen LogP contribution in [0.2, 0.25) is 0 Å². The number of aliphatic hydroxyl groups is 1. The molecule has 1 atom stereocenters. The maximum Gasteiger partial charge on any atom is 0.0538 e. The fraction of sp³-hybridized carbons (Fsp3) is 0.750. The van der Waals surface area contributed by atoms with E-state index < -0.39 is 0 Å². The van der Waals surface area contributed by atoms with Crippen molar-refractivity contribution in [2.75, 3.05) is 19.7 Å². The van der Waals surface area contributed by atoms with E-state index in [1.165, 1.54) is 0 Å². The topological polar surface area (TPSA) is 76.1 Å². The van der Waals surface area contributed by atoms with Crippen LogP contribution in [0.5, 0.6) is 0 Å². The lowest BCUT2D eigenvalue weighted by molar-refractivity contribution is 0.282. The molecular formula is C12H24N4O. The van der Waals surface area contributed by atoms with Crippen molar-refractivity contribution in [2.24, 2.45) is 5.73 Å². The van der Waals surface area contributed by atoms with Crippen molar-refractivity contribution in [2.45, 2.75) is 38.8 Å². The highest BCUT2D eigenvalue weighted by molar-refractivity contribution is 5.10. The minimum Gasteiger partial charge on any atom is -0.396 e. The Balaban J connectivity index is 2.32. The monoisotopic (exact) mass is 240 g/mol. The number of aliphatic hydroxyl groups excluding tert-OH is 1. The fourth-order valence-corrected chi connectivity index (χ4v) is 1.76. The number of hydrogen-bond acceptors (Lipinski definition) is 4. The summed E-state index contributed by atoms with van der Waals surface area (Å²) in [5, 5.41) is 16.3. The molecule has 0 fully saturated rings. The van der Waals surface area contributed by atoms with Crippen molar-refractivity contribution < 1.29 is 5.11 Å². The molecule has 0 radical (unpaired) electrons. The smallest absolute Gasteiger partial charge is 0.0538 e. The number of rotatable bonds is 9. The molecule has 5 heteroatoms. The Morgan fingerprint density at radius 2 is 2.29 bits per heavy atom. The molecule has 1 aromatic heterocycles. The number of hydrogen-bond donors (Lipinski definition) is 3. The van der Waals surface area contributed by atoms with E-state index in [1.54, 1.807) is 0 Å². The van der Waals surface area contributed by atoms with Crippen LogP contribution in [0.3, 0.4) is 0 Å². The van der Waals surface area contributed by atoms with Gasteiger partial charge in [-0.15, -0.1) is 0 Å². The fourth-order valence-electron chi connectivity index (χ4n) is 1.76. The van der Waals surface area contributed by atoms with Gasteiger partial charge in [-0.1, -0.05) is 0 Å². The molecule has 0 aromatic carbocycles. The van der Waals surface area contributed by atoms with Gasteiger partial charge in [0.25, 0.3) is 0 Å². The first-order valence-electron chi connectivity index (χ1n) is 6.38. The lowest BCUT2D eigenvalue weighted by Gasteiger charge is -2.14. The second-order valence-corrected chi connectivity index (χ2v) is 4.16. The predicted octanol–water partition coefficient (Wildman–Crippen LogP) is 0.655. The van der Waals surface area contributed by atoms with Crippen LogP contribution in [-0.2, 0) is 6.54 Å². The molecule has 1 rings (SSSR count). The Kier molecular flexibility index (Phi) is 6.84. The zero-order valence-corrected chi connectivity index (χ0v) is 10.6. The molecule has 0 spiro atoms. The third-order valence-electron chi connectivity index (χ3n) is 2.84. The number of nitrogens with two attached hydrogens (primary N) is 1. The van der Waals surface area contributed by atoms with Gasteiger partial charge < -0.3 is 16.2 Å². The highest BCUT2D eigenvalue weighted by Gasteiger charge is 2.10. The molecule has 0 aliphatic heterocycles. The second kappa shape index (κ2) is 8.22. The third kappa shape index (κ3) is 4.85. The predicted molar refractivity (Wildman–Crippen MR) is 68.6 cm³/mol. The molecule has 1 heterocycles. The van der Waals surface area contributed by atoms with E-state index in [0.29, 0.717) is 6.54 Å². The number of unbranched alkanes of at least 4 members (excludes halogenated alkanes) is 2. The summed E-state index contributed by atoms with van der Waals surface area (Å²) in [6, 6.07) is 0.185. The Labute approximate surface area is 103 Å². The molecule has 17 heavy (non-hydrogen) atoms. The highest BCUT2D eigenvalue weighted by Crippen LogP contribution is 2.10. The summed E-state index contributed by atoms with van der Waals surface area (Å²) >= 11 is 0. The number of nitrogens with one attached hydrogen (secondary N) is 1. The molecular weight excluding hydrogens is 216 g/mol. The van der Waals surface area contributed by atoms with E-state index in [1.807, 2.05) is 17.1 Å². The van der Waals surface area contributed by atoms with E-state index in [-0.39, 0.29) is 12.6 Å². The van der Waals surface area contributed by atoms with E-state index in [2.05, 4.69) is 17.3 Å². The molecule has 0 saturated carbocycles. The van der Waals surface area contributed by atoms with Crippen LogP contribution in [0.1, 0.15) is 37.8 Å². The first kappa shape index (κ1) is 14.2. The Hall–Kier alpha value is -0.910. The van der Waals surface area contributed by atoms with Gasteiger partial charge in [0.05, 0.1) is 6.20 Å². The first-order valence-corrected chi connectivity index (χ1v) is 6.38. The molecule has 1 unspecified atom stereocenters. The number of aromatic nitrogens is 2. The summed E-state index contributed by atoms with van der Waals surface area (Å²) < 4.78 is 1.91. The molecule has 0 aliphatic rings. The van der Waals surface area contributed by atoms with Crippen molar-refractivity contribution in [1.82, 2.24) is 15.1 Å². The molecule has 0 aliphatic carbocycles. The van der Waals surface area contributed by atoms with Crippen LogP contribution in [0.15, 0.2) is 12.4 Å².